The third-order valence-electron chi connectivity index (χ3n) is 7.06. The largest absolute Gasteiger partial charge is 0.433 e. The molecule has 0 spiro atoms. The maximum absolute atomic E-state index is 13.9. The van der Waals surface area contributed by atoms with Gasteiger partial charge in [0, 0.05) is 24.1 Å². The zero-order valence-corrected chi connectivity index (χ0v) is 18.3. The van der Waals surface area contributed by atoms with Gasteiger partial charge in [-0.15, -0.1) is 0 Å². The Hall–Kier alpha value is -3.17. The Labute approximate surface area is 196 Å². The SMILES string of the molecule is O=C(Cc1ccc(N2C3CCC2CC3)nc1C(F)(F)F)C1=CCc2cccc(C(F)(F)F)c2C1=O. The lowest BCUT2D eigenvalue weighted by molar-refractivity contribution is -0.142. The summed E-state index contributed by atoms with van der Waals surface area (Å²) >= 11 is 0. The van der Waals surface area contributed by atoms with Crippen LogP contribution in [0.25, 0.3) is 0 Å². The molecule has 5 rings (SSSR count). The number of pyridine rings is 1. The average Bonchev–Trinajstić information content (AvgIpc) is 3.38. The van der Waals surface area contributed by atoms with Gasteiger partial charge in [0.25, 0.3) is 0 Å². The molecule has 2 aromatic rings. The second kappa shape index (κ2) is 8.20. The highest BCUT2D eigenvalue weighted by Gasteiger charge is 2.43. The third kappa shape index (κ3) is 4.12. The summed E-state index contributed by atoms with van der Waals surface area (Å²) in [5, 5.41) is 0. The number of carbonyl (C=O) groups excluding carboxylic acids is 2. The molecule has 2 bridgehead atoms. The highest BCUT2D eigenvalue weighted by Crippen LogP contribution is 2.42. The van der Waals surface area contributed by atoms with Gasteiger partial charge in [-0.3, -0.25) is 9.59 Å². The van der Waals surface area contributed by atoms with Gasteiger partial charge in [0.2, 0.25) is 0 Å². The Balaban J connectivity index is 1.45. The summed E-state index contributed by atoms with van der Waals surface area (Å²) in [6, 6.07) is 6.20. The van der Waals surface area contributed by atoms with Gasteiger partial charge in [0.15, 0.2) is 11.6 Å². The van der Waals surface area contributed by atoms with Gasteiger partial charge in [0.1, 0.15) is 11.5 Å². The molecule has 0 amide bonds. The number of rotatable bonds is 4. The fourth-order valence-corrected chi connectivity index (χ4v) is 5.52. The van der Waals surface area contributed by atoms with Crippen LogP contribution in [-0.4, -0.2) is 28.6 Å². The molecule has 3 aliphatic rings. The first-order valence-electron chi connectivity index (χ1n) is 11.3. The molecule has 1 aromatic heterocycles. The Morgan fingerprint density at radius 1 is 0.943 bits per heavy atom. The van der Waals surface area contributed by atoms with Gasteiger partial charge in [0.05, 0.1) is 11.1 Å². The van der Waals surface area contributed by atoms with Crippen LogP contribution in [0.15, 0.2) is 42.0 Å². The van der Waals surface area contributed by atoms with E-state index >= 15 is 0 Å². The summed E-state index contributed by atoms with van der Waals surface area (Å²) < 4.78 is 82.0. The van der Waals surface area contributed by atoms with E-state index in [1.807, 2.05) is 4.90 Å². The average molecular weight is 494 g/mol. The zero-order chi connectivity index (χ0) is 25.1. The lowest BCUT2D eigenvalue weighted by atomic mass is 9.84. The number of alkyl halides is 6. The standard InChI is InChI=1S/C25H20F6N2O2/c26-24(27,28)18-3-1-2-13-4-10-17(22(35)21(13)18)19(34)12-14-5-11-20(32-23(14)25(29,30)31)33-15-6-7-16(33)9-8-15/h1-3,5,10-11,15-16H,4,6-9,12H2. The summed E-state index contributed by atoms with van der Waals surface area (Å²) in [6.45, 7) is 0. The molecule has 35 heavy (non-hydrogen) atoms. The predicted molar refractivity (Wildman–Crippen MR) is 114 cm³/mol. The summed E-state index contributed by atoms with van der Waals surface area (Å²) in [5.74, 6) is -1.90. The van der Waals surface area contributed by atoms with E-state index in [-0.39, 0.29) is 29.9 Å². The van der Waals surface area contributed by atoms with Crippen LogP contribution in [0.3, 0.4) is 0 Å². The van der Waals surface area contributed by atoms with E-state index in [0.717, 1.165) is 31.7 Å². The number of allylic oxidation sites excluding steroid dienone is 2. The van der Waals surface area contributed by atoms with E-state index in [4.69, 9.17) is 0 Å². The van der Waals surface area contributed by atoms with Crippen LogP contribution in [0.5, 0.6) is 0 Å². The molecule has 10 heteroatoms. The number of hydrogen-bond donors (Lipinski definition) is 0. The van der Waals surface area contributed by atoms with Gasteiger partial charge in [-0.25, -0.2) is 4.98 Å². The predicted octanol–water partition coefficient (Wildman–Crippen LogP) is 5.73. The summed E-state index contributed by atoms with van der Waals surface area (Å²) in [7, 11) is 0. The van der Waals surface area contributed by atoms with E-state index in [9.17, 15) is 35.9 Å². The fraction of sp³-hybridized carbons (Fsp3) is 0.400. The number of fused-ring (bicyclic) bond motifs is 3. The quantitative estimate of drug-likeness (QED) is 0.403. The van der Waals surface area contributed by atoms with Crippen molar-refractivity contribution in [1.82, 2.24) is 4.98 Å². The summed E-state index contributed by atoms with van der Waals surface area (Å²) in [4.78, 5) is 31.5. The zero-order valence-electron chi connectivity index (χ0n) is 18.3. The highest BCUT2D eigenvalue weighted by molar-refractivity contribution is 6.28. The maximum atomic E-state index is 13.9. The number of carbonyl (C=O) groups is 2. The van der Waals surface area contributed by atoms with Gasteiger partial charge in [-0.05, 0) is 55.4 Å². The molecule has 2 fully saturated rings. The fourth-order valence-electron chi connectivity index (χ4n) is 5.52. The molecule has 2 saturated heterocycles. The molecule has 0 atom stereocenters. The van der Waals surface area contributed by atoms with Crippen molar-refractivity contribution in [3.05, 3.63) is 69.9 Å². The van der Waals surface area contributed by atoms with Gasteiger partial charge in [-0.1, -0.05) is 24.3 Å². The van der Waals surface area contributed by atoms with Gasteiger partial charge >= 0.3 is 12.4 Å². The monoisotopic (exact) mass is 494 g/mol. The van der Waals surface area contributed by atoms with Crippen molar-refractivity contribution in [1.29, 1.82) is 0 Å². The minimum absolute atomic E-state index is 0.104. The molecule has 4 nitrogen and oxygen atoms in total. The molecule has 0 N–H and O–H groups in total. The minimum Gasteiger partial charge on any atom is -0.351 e. The lowest BCUT2D eigenvalue weighted by Gasteiger charge is -2.25. The van der Waals surface area contributed by atoms with Crippen LogP contribution >= 0.6 is 0 Å². The van der Waals surface area contributed by atoms with Gasteiger partial charge in [-0.2, -0.15) is 26.3 Å². The number of aromatic nitrogens is 1. The van der Waals surface area contributed by atoms with Crippen molar-refractivity contribution in [3.63, 3.8) is 0 Å². The van der Waals surface area contributed by atoms with E-state index in [2.05, 4.69) is 4.98 Å². The van der Waals surface area contributed by atoms with Crippen LogP contribution < -0.4 is 4.90 Å². The third-order valence-corrected chi connectivity index (χ3v) is 7.06. The molecule has 0 radical (unpaired) electrons. The number of benzene rings is 1. The van der Waals surface area contributed by atoms with Crippen LogP contribution in [0.4, 0.5) is 32.2 Å². The van der Waals surface area contributed by atoms with Crippen LogP contribution in [0.2, 0.25) is 0 Å². The molecule has 0 saturated carbocycles. The normalized spacial score (nSPS) is 21.8. The molecule has 1 aromatic carbocycles. The molecule has 3 heterocycles. The van der Waals surface area contributed by atoms with Crippen molar-refractivity contribution >= 4 is 17.4 Å². The number of halogens is 6. The number of hydrogen-bond acceptors (Lipinski definition) is 4. The minimum atomic E-state index is -4.84. The highest BCUT2D eigenvalue weighted by atomic mass is 19.4. The lowest BCUT2D eigenvalue weighted by Crippen LogP contribution is -2.30. The molecule has 2 aliphatic heterocycles. The number of anilines is 1. The first-order chi connectivity index (χ1) is 16.4. The second-order valence-corrected chi connectivity index (χ2v) is 9.13. The second-order valence-electron chi connectivity index (χ2n) is 9.13. The molecular formula is C25H20F6N2O2. The summed E-state index contributed by atoms with van der Waals surface area (Å²) in [6.07, 6.45) is -5.79. The van der Waals surface area contributed by atoms with E-state index in [1.165, 1.54) is 30.3 Å². The van der Waals surface area contributed by atoms with Crippen LogP contribution in [0.1, 0.15) is 58.4 Å². The smallest absolute Gasteiger partial charge is 0.351 e. The molecule has 184 valence electrons. The Morgan fingerprint density at radius 3 is 2.20 bits per heavy atom. The van der Waals surface area contributed by atoms with Gasteiger partial charge < -0.3 is 4.90 Å². The molecular weight excluding hydrogens is 474 g/mol. The van der Waals surface area contributed by atoms with Crippen molar-refractivity contribution in [2.75, 3.05) is 4.90 Å². The number of nitrogens with zero attached hydrogens (tertiary/aromatic N) is 2. The first kappa shape index (κ1) is 23.6. The summed E-state index contributed by atoms with van der Waals surface area (Å²) in [5.41, 5.74) is -3.84. The Morgan fingerprint density at radius 2 is 1.60 bits per heavy atom. The first-order valence-corrected chi connectivity index (χ1v) is 11.3. The van der Waals surface area contributed by atoms with E-state index in [1.54, 1.807) is 0 Å². The number of Topliss-reactive ketones (excluding diaryl/α,β-unsaturated/α-hetero) is 2. The van der Waals surface area contributed by atoms with E-state index in [0.29, 0.717) is 0 Å². The van der Waals surface area contributed by atoms with Crippen molar-refractivity contribution in [2.24, 2.45) is 0 Å². The Bertz CT molecular complexity index is 1230. The van der Waals surface area contributed by atoms with Crippen molar-refractivity contribution in [3.8, 4) is 0 Å². The van der Waals surface area contributed by atoms with Crippen LogP contribution in [-0.2, 0) is 30.0 Å². The molecule has 1 aliphatic carbocycles. The topological polar surface area (TPSA) is 50.3 Å². The Kier molecular flexibility index (Phi) is 5.52. The maximum Gasteiger partial charge on any atom is 0.433 e. The van der Waals surface area contributed by atoms with E-state index < -0.39 is 58.3 Å². The van der Waals surface area contributed by atoms with Crippen molar-refractivity contribution in [2.45, 2.75) is 63.0 Å². The number of ketones is 2. The molecule has 0 unspecified atom stereocenters. The van der Waals surface area contributed by atoms with Crippen LogP contribution in [0, 0.1) is 0 Å². The van der Waals surface area contributed by atoms with Crippen molar-refractivity contribution < 1.29 is 35.9 Å².